The summed E-state index contributed by atoms with van der Waals surface area (Å²) in [5, 5.41) is 3.03. The van der Waals surface area contributed by atoms with Crippen LogP contribution in [0.3, 0.4) is 0 Å². The Balaban J connectivity index is 1.75. The molecule has 0 aliphatic heterocycles. The maximum atomic E-state index is 12.0. The van der Waals surface area contributed by atoms with E-state index >= 15 is 0 Å². The smallest absolute Gasteiger partial charge is 0.230 e. The number of carbonyl (C=O) groups is 1. The molecular weight excluding hydrogens is 278 g/mol. The molecule has 0 radical (unpaired) electrons. The summed E-state index contributed by atoms with van der Waals surface area (Å²) in [5.74, 6) is 1.45. The van der Waals surface area contributed by atoms with Gasteiger partial charge in [0.05, 0.1) is 11.8 Å². The van der Waals surface area contributed by atoms with Crippen LogP contribution in [-0.4, -0.2) is 11.7 Å². The van der Waals surface area contributed by atoms with Crippen LogP contribution in [0.1, 0.15) is 29.7 Å². The molecule has 0 heterocycles. The van der Waals surface area contributed by atoms with E-state index in [9.17, 15) is 4.79 Å². The minimum Gasteiger partial charge on any atom is -0.349 e. The Morgan fingerprint density at radius 3 is 2.62 bits per heavy atom. The van der Waals surface area contributed by atoms with E-state index in [1.807, 2.05) is 37.3 Å². The second-order valence-corrected chi connectivity index (χ2v) is 6.17. The first-order valence-electron chi connectivity index (χ1n) is 7.13. The van der Waals surface area contributed by atoms with Crippen molar-refractivity contribution in [3.8, 4) is 0 Å². The Kier molecular flexibility index (Phi) is 5.88. The largest absolute Gasteiger partial charge is 0.349 e. The zero-order valence-corrected chi connectivity index (χ0v) is 13.3. The van der Waals surface area contributed by atoms with Crippen LogP contribution in [0.4, 0.5) is 0 Å². The molecule has 21 heavy (non-hydrogen) atoms. The van der Waals surface area contributed by atoms with Crippen LogP contribution in [-0.2, 0) is 10.5 Å². The van der Waals surface area contributed by atoms with Crippen LogP contribution >= 0.6 is 11.8 Å². The first kappa shape index (κ1) is 15.6. The van der Waals surface area contributed by atoms with E-state index in [1.54, 1.807) is 11.8 Å². The van der Waals surface area contributed by atoms with Crippen molar-refractivity contribution in [1.82, 2.24) is 5.32 Å². The van der Waals surface area contributed by atoms with Crippen LogP contribution in [0.15, 0.2) is 54.6 Å². The zero-order valence-electron chi connectivity index (χ0n) is 12.5. The number of amides is 1. The van der Waals surface area contributed by atoms with Crippen molar-refractivity contribution in [3.63, 3.8) is 0 Å². The fourth-order valence-electron chi connectivity index (χ4n) is 2.17. The van der Waals surface area contributed by atoms with Crippen LogP contribution in [0.5, 0.6) is 0 Å². The van der Waals surface area contributed by atoms with Gasteiger partial charge in [-0.2, -0.15) is 0 Å². The molecule has 0 aliphatic carbocycles. The summed E-state index contributed by atoms with van der Waals surface area (Å²) < 4.78 is 0. The molecule has 0 aromatic heterocycles. The summed E-state index contributed by atoms with van der Waals surface area (Å²) in [5.41, 5.74) is 3.66. The Bertz CT molecular complexity index is 583. The fraction of sp³-hybridized carbons (Fsp3) is 0.278. The summed E-state index contributed by atoms with van der Waals surface area (Å²) in [6.45, 7) is 4.10. The van der Waals surface area contributed by atoms with E-state index in [0.717, 1.165) is 11.3 Å². The number of hydrogen-bond acceptors (Lipinski definition) is 2. The van der Waals surface area contributed by atoms with Crippen LogP contribution in [0.25, 0.3) is 0 Å². The number of hydrogen-bond donors (Lipinski definition) is 1. The quantitative estimate of drug-likeness (QED) is 0.870. The lowest BCUT2D eigenvalue weighted by Crippen LogP contribution is -2.28. The maximum Gasteiger partial charge on any atom is 0.230 e. The Labute approximate surface area is 131 Å². The van der Waals surface area contributed by atoms with Crippen LogP contribution in [0, 0.1) is 6.92 Å². The molecule has 110 valence electrons. The Morgan fingerprint density at radius 1 is 1.14 bits per heavy atom. The maximum absolute atomic E-state index is 12.0. The summed E-state index contributed by atoms with van der Waals surface area (Å²) in [7, 11) is 0. The van der Waals surface area contributed by atoms with Crippen molar-refractivity contribution in [2.24, 2.45) is 0 Å². The highest BCUT2D eigenvalue weighted by Gasteiger charge is 2.09. The van der Waals surface area contributed by atoms with E-state index in [4.69, 9.17) is 0 Å². The van der Waals surface area contributed by atoms with Crippen LogP contribution < -0.4 is 5.32 Å². The van der Waals surface area contributed by atoms with E-state index in [-0.39, 0.29) is 11.9 Å². The third-order valence-electron chi connectivity index (χ3n) is 3.26. The molecule has 2 aromatic carbocycles. The van der Waals surface area contributed by atoms with Gasteiger partial charge in [-0.05, 0) is 25.0 Å². The predicted molar refractivity (Wildman–Crippen MR) is 90.3 cm³/mol. The van der Waals surface area contributed by atoms with E-state index in [1.165, 1.54) is 11.1 Å². The van der Waals surface area contributed by atoms with Gasteiger partial charge in [-0.25, -0.2) is 0 Å². The number of thioether (sulfide) groups is 1. The minimum atomic E-state index is 0.0540. The summed E-state index contributed by atoms with van der Waals surface area (Å²) >= 11 is 1.65. The zero-order chi connectivity index (χ0) is 15.1. The molecule has 0 saturated carbocycles. The standard InChI is InChI=1S/C18H21NOS/c1-14-7-6-8-16(11-14)12-21-13-18(20)19-15(2)17-9-4-3-5-10-17/h3-11,15H,12-13H2,1-2H3,(H,19,20)/t15-/m0/s1. The molecule has 0 bridgehead atoms. The second-order valence-electron chi connectivity index (χ2n) is 5.18. The number of benzene rings is 2. The average molecular weight is 299 g/mol. The van der Waals surface area contributed by atoms with Crippen molar-refractivity contribution >= 4 is 17.7 Å². The first-order valence-corrected chi connectivity index (χ1v) is 8.28. The van der Waals surface area contributed by atoms with E-state index < -0.39 is 0 Å². The van der Waals surface area contributed by atoms with Gasteiger partial charge >= 0.3 is 0 Å². The summed E-state index contributed by atoms with van der Waals surface area (Å²) in [4.78, 5) is 12.0. The number of nitrogens with one attached hydrogen (secondary N) is 1. The van der Waals surface area contributed by atoms with E-state index in [2.05, 4.69) is 36.5 Å². The van der Waals surface area contributed by atoms with Gasteiger partial charge in [-0.15, -0.1) is 11.8 Å². The van der Waals surface area contributed by atoms with Crippen LogP contribution in [0.2, 0.25) is 0 Å². The third-order valence-corrected chi connectivity index (χ3v) is 4.27. The molecule has 0 fully saturated rings. The Morgan fingerprint density at radius 2 is 1.90 bits per heavy atom. The molecule has 0 saturated heterocycles. The molecule has 2 nitrogen and oxygen atoms in total. The SMILES string of the molecule is Cc1cccc(CSCC(=O)N[C@@H](C)c2ccccc2)c1. The normalized spacial score (nSPS) is 11.9. The molecular formula is C18H21NOS. The topological polar surface area (TPSA) is 29.1 Å². The highest BCUT2D eigenvalue weighted by atomic mass is 32.2. The molecule has 0 aliphatic rings. The lowest BCUT2D eigenvalue weighted by atomic mass is 10.1. The molecule has 1 amide bonds. The molecule has 0 spiro atoms. The van der Waals surface area contributed by atoms with Gasteiger partial charge in [0, 0.05) is 5.75 Å². The fourth-order valence-corrected chi connectivity index (χ4v) is 2.96. The van der Waals surface area contributed by atoms with Gasteiger partial charge in [0.25, 0.3) is 0 Å². The molecule has 1 atom stereocenters. The number of rotatable bonds is 6. The van der Waals surface area contributed by atoms with Gasteiger partial charge in [0.15, 0.2) is 0 Å². The number of aryl methyl sites for hydroxylation is 1. The second kappa shape index (κ2) is 7.89. The van der Waals surface area contributed by atoms with Crippen molar-refractivity contribution in [1.29, 1.82) is 0 Å². The highest BCUT2D eigenvalue weighted by Crippen LogP contribution is 2.15. The van der Waals surface area contributed by atoms with Crippen molar-refractivity contribution in [3.05, 3.63) is 71.3 Å². The third kappa shape index (κ3) is 5.27. The van der Waals surface area contributed by atoms with Crippen molar-refractivity contribution < 1.29 is 4.79 Å². The lowest BCUT2D eigenvalue weighted by Gasteiger charge is -2.14. The van der Waals surface area contributed by atoms with Gasteiger partial charge in [0.2, 0.25) is 5.91 Å². The summed E-state index contributed by atoms with van der Waals surface area (Å²) in [6.07, 6.45) is 0. The number of carbonyl (C=O) groups excluding carboxylic acids is 1. The monoisotopic (exact) mass is 299 g/mol. The van der Waals surface area contributed by atoms with Gasteiger partial charge < -0.3 is 5.32 Å². The van der Waals surface area contributed by atoms with Crippen molar-refractivity contribution in [2.45, 2.75) is 25.6 Å². The molecule has 1 N–H and O–H groups in total. The minimum absolute atomic E-state index is 0.0540. The Hall–Kier alpha value is -1.74. The molecule has 3 heteroatoms. The first-order chi connectivity index (χ1) is 10.1. The summed E-state index contributed by atoms with van der Waals surface area (Å²) in [6, 6.07) is 18.5. The van der Waals surface area contributed by atoms with Gasteiger partial charge in [-0.3, -0.25) is 4.79 Å². The van der Waals surface area contributed by atoms with Gasteiger partial charge in [-0.1, -0.05) is 60.2 Å². The predicted octanol–water partition coefficient (Wildman–Crippen LogP) is 4.11. The van der Waals surface area contributed by atoms with E-state index in [0.29, 0.717) is 5.75 Å². The van der Waals surface area contributed by atoms with Crippen molar-refractivity contribution in [2.75, 3.05) is 5.75 Å². The molecule has 2 rings (SSSR count). The lowest BCUT2D eigenvalue weighted by molar-refractivity contribution is -0.119. The molecule has 0 unspecified atom stereocenters. The highest BCUT2D eigenvalue weighted by molar-refractivity contribution is 7.99. The average Bonchev–Trinajstić information content (AvgIpc) is 2.48. The van der Waals surface area contributed by atoms with Gasteiger partial charge in [0.1, 0.15) is 0 Å². The molecule has 2 aromatic rings.